The van der Waals surface area contributed by atoms with Gasteiger partial charge in [0.25, 0.3) is 6.02 Å². The molecule has 4 aliphatic heterocycles. The first-order valence-corrected chi connectivity index (χ1v) is 21.8. The van der Waals surface area contributed by atoms with Crippen LogP contribution in [0.15, 0.2) is 35.3 Å². The Hall–Kier alpha value is -2.44. The van der Waals surface area contributed by atoms with E-state index in [0.29, 0.717) is 19.0 Å². The molecule has 0 radical (unpaired) electrons. The molecule has 15 nitrogen and oxygen atoms in total. The number of carbonyl (C=O) groups is 1. The average Bonchev–Trinajstić information content (AvgIpc) is 3.54. The number of methoxy groups -OCH3 is 2. The van der Waals surface area contributed by atoms with Gasteiger partial charge in [0.05, 0.1) is 66.3 Å². The lowest BCUT2D eigenvalue weighted by Crippen LogP contribution is -2.61. The molecule has 0 bridgehead atoms. The number of aliphatic hydroxyl groups excluding tert-OH is 3. The van der Waals surface area contributed by atoms with Crippen molar-refractivity contribution in [1.82, 2.24) is 4.90 Å². The summed E-state index contributed by atoms with van der Waals surface area (Å²) in [6.45, 7) is 18.2. The van der Waals surface area contributed by atoms with Gasteiger partial charge in [0.2, 0.25) is 0 Å². The highest BCUT2D eigenvalue weighted by Gasteiger charge is 2.56. The molecule has 4 aliphatic rings. The topological polar surface area (TPSA) is 187 Å². The number of hydrogen-bond donors (Lipinski definition) is 4. The summed E-state index contributed by atoms with van der Waals surface area (Å²) in [5.74, 6) is -3.65. The number of amidine groups is 1. The van der Waals surface area contributed by atoms with E-state index >= 15 is 0 Å². The fourth-order valence-corrected chi connectivity index (χ4v) is 9.99. The van der Waals surface area contributed by atoms with Crippen molar-refractivity contribution in [1.29, 1.82) is 0 Å². The predicted molar refractivity (Wildman–Crippen MR) is 223 cm³/mol. The maximum atomic E-state index is 14.4. The van der Waals surface area contributed by atoms with E-state index in [1.54, 1.807) is 41.7 Å². The van der Waals surface area contributed by atoms with Gasteiger partial charge in [-0.1, -0.05) is 58.0 Å². The Kier molecular flexibility index (Phi) is 15.8. The number of aliphatic hydroxyl groups is 4. The molecule has 4 saturated heterocycles. The van der Waals surface area contributed by atoms with E-state index in [-0.39, 0.29) is 31.4 Å². The average molecular weight is 851 g/mol. The molecule has 2 unspecified atom stereocenters. The van der Waals surface area contributed by atoms with Crippen LogP contribution in [0.2, 0.25) is 0 Å². The molecule has 60 heavy (non-hydrogen) atoms. The fourth-order valence-electron chi connectivity index (χ4n) is 9.99. The molecule has 0 spiro atoms. The van der Waals surface area contributed by atoms with E-state index in [1.807, 2.05) is 70.0 Å². The molecule has 5 rings (SSSR count). The fraction of sp³-hybridized carbons (Fsp3) is 0.822. The van der Waals surface area contributed by atoms with Crippen LogP contribution in [-0.2, 0) is 49.2 Å². The van der Waals surface area contributed by atoms with E-state index in [1.165, 1.54) is 14.0 Å². The molecule has 0 aromatic heterocycles. The van der Waals surface area contributed by atoms with Crippen LogP contribution < -0.4 is 0 Å². The van der Waals surface area contributed by atoms with Crippen LogP contribution in [0.4, 0.5) is 0 Å². The van der Waals surface area contributed by atoms with Gasteiger partial charge in [-0.2, -0.15) is 0 Å². The molecule has 0 saturated carbocycles. The van der Waals surface area contributed by atoms with Crippen molar-refractivity contribution in [3.05, 3.63) is 35.9 Å². The zero-order valence-corrected chi connectivity index (χ0v) is 38.0. The third-order valence-electron chi connectivity index (χ3n) is 14.1. The van der Waals surface area contributed by atoms with Crippen molar-refractivity contribution in [3.63, 3.8) is 0 Å². The van der Waals surface area contributed by atoms with Gasteiger partial charge in [0, 0.05) is 39.5 Å². The lowest BCUT2D eigenvalue weighted by Gasteiger charge is -2.49. The molecular formula is C45H74N2O13. The van der Waals surface area contributed by atoms with Crippen LogP contribution in [0.25, 0.3) is 0 Å². The van der Waals surface area contributed by atoms with Gasteiger partial charge < -0.3 is 63.2 Å². The van der Waals surface area contributed by atoms with Gasteiger partial charge >= 0.3 is 5.97 Å². The Bertz CT molecular complexity index is 1580. The van der Waals surface area contributed by atoms with Crippen LogP contribution in [0.5, 0.6) is 0 Å². The maximum absolute atomic E-state index is 14.4. The van der Waals surface area contributed by atoms with Crippen LogP contribution in [0.1, 0.15) is 100 Å². The Morgan fingerprint density at radius 1 is 0.867 bits per heavy atom. The van der Waals surface area contributed by atoms with Crippen LogP contribution in [0.3, 0.4) is 0 Å². The number of esters is 1. The Balaban J connectivity index is 1.59. The number of ether oxygens (including phenoxy) is 8. The quantitative estimate of drug-likeness (QED) is 0.259. The number of cyclic esters (lactones) is 1. The third-order valence-corrected chi connectivity index (χ3v) is 14.1. The molecule has 342 valence electrons. The molecule has 15 heteroatoms. The molecule has 0 amide bonds. The number of hydrogen-bond acceptors (Lipinski definition) is 14. The van der Waals surface area contributed by atoms with Gasteiger partial charge in [-0.3, -0.25) is 4.79 Å². The summed E-state index contributed by atoms with van der Waals surface area (Å²) in [5, 5.41) is 46.3. The second-order valence-electron chi connectivity index (χ2n) is 18.7. The molecule has 1 aromatic carbocycles. The third kappa shape index (κ3) is 10.0. The summed E-state index contributed by atoms with van der Waals surface area (Å²) >= 11 is 0. The highest BCUT2D eigenvalue weighted by Crippen LogP contribution is 2.43. The van der Waals surface area contributed by atoms with Crippen molar-refractivity contribution in [2.24, 2.45) is 28.7 Å². The molecule has 4 N–H and O–H groups in total. The summed E-state index contributed by atoms with van der Waals surface area (Å²) in [5.41, 5.74) is -3.07. The Morgan fingerprint density at radius 3 is 2.13 bits per heavy atom. The number of nitrogens with zero attached hydrogens (tertiary/aromatic N) is 2. The van der Waals surface area contributed by atoms with Crippen LogP contribution in [-0.4, -0.2) is 149 Å². The summed E-state index contributed by atoms with van der Waals surface area (Å²) in [7, 11) is 5.06. The molecular weight excluding hydrogens is 776 g/mol. The standard InChI is InChI=1S/C45H74N2O13/c1-14-32-45(10,52)37(49)26(4)34(48)24(2)21-44(9,54-13)39(27(5)35(28(6)40(51)57-32)58-33-22-43(8,53-12)38(50)29(7)56-33)60-41-36-31(20-25(3)55-41)47(11)42(59-36)46-23-30-18-16-15-17-19-30/h15-19,24-29,31-39,41,48-50,52H,14,20-23H2,1-13H3/t24-,25-,26+,27+,28-,29+,31+,32-,33+,34+,35+,36-,37-,38+,39-,41?,43?,44-,45-/m1/s1. The van der Waals surface area contributed by atoms with Crippen LogP contribution >= 0.6 is 0 Å². The first kappa shape index (κ1) is 48.6. The van der Waals surface area contributed by atoms with Gasteiger partial charge in [-0.25, -0.2) is 4.99 Å². The Labute approximate surface area is 357 Å². The zero-order valence-electron chi connectivity index (χ0n) is 38.0. The van der Waals surface area contributed by atoms with E-state index in [0.717, 1.165) is 5.56 Å². The van der Waals surface area contributed by atoms with Crippen molar-refractivity contribution in [2.75, 3.05) is 21.3 Å². The molecule has 4 fully saturated rings. The summed E-state index contributed by atoms with van der Waals surface area (Å²) in [6, 6.07) is 10.3. The molecule has 19 atom stereocenters. The van der Waals surface area contributed by atoms with E-state index in [2.05, 4.69) is 0 Å². The predicted octanol–water partition coefficient (Wildman–Crippen LogP) is 4.20. The Morgan fingerprint density at radius 2 is 1.52 bits per heavy atom. The summed E-state index contributed by atoms with van der Waals surface area (Å²) < 4.78 is 51.8. The van der Waals surface area contributed by atoms with E-state index < -0.39 is 108 Å². The van der Waals surface area contributed by atoms with Crippen molar-refractivity contribution < 1.29 is 63.1 Å². The largest absolute Gasteiger partial charge is 0.459 e. The smallest absolute Gasteiger partial charge is 0.311 e. The number of carbonyl (C=O) groups excluding carboxylic acids is 1. The van der Waals surface area contributed by atoms with Gasteiger partial charge in [0.1, 0.15) is 17.8 Å². The number of fused-ring (bicyclic) bond motifs is 1. The number of rotatable bonds is 9. The molecule has 1 aromatic rings. The second-order valence-corrected chi connectivity index (χ2v) is 18.7. The summed E-state index contributed by atoms with van der Waals surface area (Å²) in [6.07, 6.45) is -8.62. The SMILES string of the molecule is CC[C@H]1OC(=O)[C@H](C)[C@@H](O[C@H]2CC(C)(OC)[C@@H](O)[C@H](C)O2)[C@H](C)[C@@H](OC2O[C@H](C)C[C@H]3[C@H]2OC(=NCc2ccccc2)N3C)[C@](C)(OC)C[C@@H](C)[C@H](O)[C@H](C)[C@@H](O)[C@]1(C)O. The van der Waals surface area contributed by atoms with Crippen LogP contribution in [0, 0.1) is 23.7 Å². The molecule has 0 aliphatic carbocycles. The van der Waals surface area contributed by atoms with Gasteiger partial charge in [-0.05, 0) is 72.3 Å². The maximum Gasteiger partial charge on any atom is 0.311 e. The summed E-state index contributed by atoms with van der Waals surface area (Å²) in [4.78, 5) is 21.3. The van der Waals surface area contributed by atoms with E-state index in [9.17, 15) is 25.2 Å². The van der Waals surface area contributed by atoms with Gasteiger partial charge in [-0.15, -0.1) is 0 Å². The highest BCUT2D eigenvalue weighted by atomic mass is 16.7. The zero-order chi connectivity index (χ0) is 44.5. The highest BCUT2D eigenvalue weighted by molar-refractivity contribution is 5.76. The van der Waals surface area contributed by atoms with Crippen molar-refractivity contribution >= 4 is 12.0 Å². The van der Waals surface area contributed by atoms with Crippen molar-refractivity contribution in [2.45, 2.75) is 192 Å². The van der Waals surface area contributed by atoms with Gasteiger partial charge in [0.15, 0.2) is 18.7 Å². The first-order valence-electron chi connectivity index (χ1n) is 21.8. The second kappa shape index (κ2) is 19.5. The first-order chi connectivity index (χ1) is 28.1. The van der Waals surface area contributed by atoms with E-state index in [4.69, 9.17) is 42.9 Å². The monoisotopic (exact) mass is 851 g/mol. The lowest BCUT2D eigenvalue weighted by atomic mass is 9.73. The van der Waals surface area contributed by atoms with Crippen molar-refractivity contribution in [3.8, 4) is 0 Å². The minimum Gasteiger partial charge on any atom is -0.459 e. The number of benzene rings is 1. The minimum absolute atomic E-state index is 0.131. The molecule has 4 heterocycles. The minimum atomic E-state index is -1.91. The number of aliphatic imine (C=N–C) groups is 1. The number of likely N-dealkylation sites (N-methyl/N-ethyl adjacent to an activating group) is 1. The normalized spacial score (nSPS) is 46.6. The lowest BCUT2D eigenvalue weighted by molar-refractivity contribution is -0.315.